The van der Waals surface area contributed by atoms with Crippen molar-refractivity contribution in [3.05, 3.63) is 54.2 Å². The maximum atomic E-state index is 12.6. The predicted octanol–water partition coefficient (Wildman–Crippen LogP) is 3.90. The van der Waals surface area contributed by atoms with Crippen LogP contribution in [-0.2, 0) is 16.1 Å². The lowest BCUT2D eigenvalue weighted by Gasteiger charge is -2.19. The molecule has 1 N–H and O–H groups in total. The van der Waals surface area contributed by atoms with Crippen LogP contribution in [0.2, 0.25) is 0 Å². The van der Waals surface area contributed by atoms with Gasteiger partial charge in [0.2, 0.25) is 0 Å². The summed E-state index contributed by atoms with van der Waals surface area (Å²) in [7, 11) is 0. The third-order valence-corrected chi connectivity index (χ3v) is 4.61. The van der Waals surface area contributed by atoms with Crippen LogP contribution in [0.15, 0.2) is 47.2 Å². The van der Waals surface area contributed by atoms with Gasteiger partial charge in [-0.15, -0.1) is 0 Å². The topological polar surface area (TPSA) is 104 Å². The highest BCUT2D eigenvalue weighted by Gasteiger charge is 2.21. The minimum Gasteiger partial charge on any atom is -0.485 e. The van der Waals surface area contributed by atoms with Crippen LogP contribution in [0.5, 0.6) is 5.75 Å². The summed E-state index contributed by atoms with van der Waals surface area (Å²) in [4.78, 5) is 28.6. The Morgan fingerprint density at radius 3 is 2.84 bits per heavy atom. The summed E-state index contributed by atoms with van der Waals surface area (Å²) in [6, 6.07) is 8.78. The number of esters is 1. The molecule has 1 amide bonds. The molecule has 8 nitrogen and oxygen atoms in total. The van der Waals surface area contributed by atoms with E-state index < -0.39 is 5.91 Å². The molecule has 0 radical (unpaired) electrons. The Kier molecular flexibility index (Phi) is 7.59. The van der Waals surface area contributed by atoms with Crippen molar-refractivity contribution < 1.29 is 23.6 Å². The Bertz CT molecular complexity index is 1030. The molecule has 0 bridgehead atoms. The van der Waals surface area contributed by atoms with Crippen molar-refractivity contribution in [3.8, 4) is 5.75 Å². The number of pyridine rings is 1. The van der Waals surface area contributed by atoms with Crippen LogP contribution in [-0.4, -0.2) is 34.7 Å². The number of fused-ring (bicyclic) bond motifs is 1. The molecule has 1 atom stereocenters. The summed E-state index contributed by atoms with van der Waals surface area (Å²) in [5.41, 5.74) is 0.137. The van der Waals surface area contributed by atoms with Crippen LogP contribution in [0, 0.1) is 5.92 Å². The molecule has 0 aliphatic carbocycles. The second kappa shape index (κ2) is 10.6. The number of ether oxygens (including phenoxy) is 2. The minimum atomic E-state index is -0.402. The Hall–Kier alpha value is -3.42. The number of carbonyl (C=O) groups is 2. The highest BCUT2D eigenvalue weighted by molar-refractivity contribution is 5.92. The molecular weight excluding hydrogens is 398 g/mol. The quantitative estimate of drug-likeness (QED) is 0.491. The molecule has 2 heterocycles. The van der Waals surface area contributed by atoms with Crippen molar-refractivity contribution in [3.63, 3.8) is 0 Å². The molecule has 3 aromatic rings. The van der Waals surface area contributed by atoms with Crippen LogP contribution >= 0.6 is 0 Å². The van der Waals surface area contributed by atoms with E-state index in [1.165, 1.54) is 0 Å². The number of nitrogens with one attached hydrogen (secondary N) is 1. The molecule has 1 aromatic carbocycles. The molecule has 0 fully saturated rings. The maximum absolute atomic E-state index is 12.6. The molecule has 0 saturated carbocycles. The molecule has 0 unspecified atom stereocenters. The standard InChI is InChI=1S/C23H27N3O5/c1-4-29-22(27)11-17(10-15(2)3)25-23(28)20-12-18(31-26-20)14-30-21-7-5-6-16-13-24-9-8-19(16)21/h5-9,12-13,15,17H,4,10-11,14H2,1-3H3,(H,25,28)/t17-/m0/s1. The highest BCUT2D eigenvalue weighted by atomic mass is 16.5. The fourth-order valence-corrected chi connectivity index (χ4v) is 3.30. The van der Waals surface area contributed by atoms with E-state index in [1.807, 2.05) is 38.1 Å². The van der Waals surface area contributed by atoms with Crippen LogP contribution < -0.4 is 10.1 Å². The lowest BCUT2D eigenvalue weighted by Crippen LogP contribution is -2.38. The Labute approximate surface area is 180 Å². The molecule has 0 aliphatic heterocycles. The fourth-order valence-electron chi connectivity index (χ4n) is 3.30. The van der Waals surface area contributed by atoms with E-state index in [1.54, 1.807) is 25.4 Å². The van der Waals surface area contributed by atoms with E-state index in [0.29, 0.717) is 30.5 Å². The smallest absolute Gasteiger partial charge is 0.307 e. The molecule has 0 spiro atoms. The number of aromatic nitrogens is 2. The lowest BCUT2D eigenvalue weighted by molar-refractivity contribution is -0.143. The van der Waals surface area contributed by atoms with E-state index in [0.717, 1.165) is 10.8 Å². The first-order valence-electron chi connectivity index (χ1n) is 10.3. The molecule has 8 heteroatoms. The van der Waals surface area contributed by atoms with E-state index in [-0.39, 0.29) is 30.7 Å². The Morgan fingerprint density at radius 1 is 1.23 bits per heavy atom. The molecular formula is C23H27N3O5. The molecule has 3 rings (SSSR count). The number of carbonyl (C=O) groups excluding carboxylic acids is 2. The number of amides is 1. The first-order chi connectivity index (χ1) is 15.0. The summed E-state index contributed by atoms with van der Waals surface area (Å²) in [6.07, 6.45) is 4.23. The van der Waals surface area contributed by atoms with Gasteiger partial charge in [0.25, 0.3) is 5.91 Å². The third kappa shape index (κ3) is 6.28. The Balaban J connectivity index is 1.62. The number of hydrogen-bond acceptors (Lipinski definition) is 7. The SMILES string of the molecule is CCOC(=O)C[C@H](CC(C)C)NC(=O)c1cc(COc2cccc3cnccc23)on1. The average molecular weight is 425 g/mol. The van der Waals surface area contributed by atoms with Gasteiger partial charge in [-0.25, -0.2) is 0 Å². The van der Waals surface area contributed by atoms with Gasteiger partial charge in [-0.05, 0) is 31.4 Å². The number of hydrogen-bond donors (Lipinski definition) is 1. The van der Waals surface area contributed by atoms with Gasteiger partial charge in [0.1, 0.15) is 12.4 Å². The van der Waals surface area contributed by atoms with Crippen LogP contribution in [0.25, 0.3) is 10.8 Å². The summed E-state index contributed by atoms with van der Waals surface area (Å²) in [5, 5.41) is 8.60. The summed E-state index contributed by atoms with van der Waals surface area (Å²) < 4.78 is 16.1. The molecule has 0 aliphatic rings. The molecule has 2 aromatic heterocycles. The minimum absolute atomic E-state index is 0.113. The van der Waals surface area contributed by atoms with Gasteiger partial charge < -0.3 is 19.3 Å². The van der Waals surface area contributed by atoms with Crippen LogP contribution in [0.4, 0.5) is 0 Å². The molecule has 164 valence electrons. The van der Waals surface area contributed by atoms with Gasteiger partial charge in [-0.3, -0.25) is 14.6 Å². The first kappa shape index (κ1) is 22.3. The zero-order valence-corrected chi connectivity index (χ0v) is 18.0. The molecule has 0 saturated heterocycles. The maximum Gasteiger partial charge on any atom is 0.307 e. The second-order valence-electron chi connectivity index (χ2n) is 7.63. The summed E-state index contributed by atoms with van der Waals surface area (Å²) in [5.74, 6) is 0.668. The zero-order chi connectivity index (χ0) is 22.2. The van der Waals surface area contributed by atoms with Gasteiger partial charge in [-0.2, -0.15) is 0 Å². The third-order valence-electron chi connectivity index (χ3n) is 4.61. The summed E-state index contributed by atoms with van der Waals surface area (Å²) >= 11 is 0. The first-order valence-corrected chi connectivity index (χ1v) is 10.3. The highest BCUT2D eigenvalue weighted by Crippen LogP contribution is 2.25. The summed E-state index contributed by atoms with van der Waals surface area (Å²) in [6.45, 7) is 6.24. The van der Waals surface area contributed by atoms with Gasteiger partial charge in [-0.1, -0.05) is 31.1 Å². The largest absolute Gasteiger partial charge is 0.485 e. The number of benzene rings is 1. The van der Waals surface area contributed by atoms with Crippen LogP contribution in [0.1, 0.15) is 49.9 Å². The lowest BCUT2D eigenvalue weighted by atomic mass is 10.0. The van der Waals surface area contributed by atoms with Crippen molar-refractivity contribution in [2.75, 3.05) is 6.61 Å². The molecule has 31 heavy (non-hydrogen) atoms. The van der Waals surface area contributed by atoms with E-state index in [9.17, 15) is 9.59 Å². The average Bonchev–Trinajstić information content (AvgIpc) is 3.21. The van der Waals surface area contributed by atoms with Crippen molar-refractivity contribution in [2.24, 2.45) is 5.92 Å². The Morgan fingerprint density at radius 2 is 2.06 bits per heavy atom. The second-order valence-corrected chi connectivity index (χ2v) is 7.63. The van der Waals surface area contributed by atoms with Crippen molar-refractivity contribution in [1.82, 2.24) is 15.5 Å². The zero-order valence-electron chi connectivity index (χ0n) is 18.0. The van der Waals surface area contributed by atoms with Crippen molar-refractivity contribution >= 4 is 22.6 Å². The normalized spacial score (nSPS) is 12.0. The van der Waals surface area contributed by atoms with Crippen molar-refractivity contribution in [1.29, 1.82) is 0 Å². The number of nitrogens with zero attached hydrogens (tertiary/aromatic N) is 2. The van der Waals surface area contributed by atoms with E-state index in [2.05, 4.69) is 15.5 Å². The van der Waals surface area contributed by atoms with Gasteiger partial charge >= 0.3 is 5.97 Å². The predicted molar refractivity (Wildman–Crippen MR) is 115 cm³/mol. The van der Waals surface area contributed by atoms with Gasteiger partial charge in [0.15, 0.2) is 11.5 Å². The van der Waals surface area contributed by atoms with Crippen molar-refractivity contribution in [2.45, 2.75) is 46.3 Å². The van der Waals surface area contributed by atoms with Gasteiger partial charge in [0.05, 0.1) is 13.0 Å². The number of rotatable bonds is 10. The van der Waals surface area contributed by atoms with Crippen LogP contribution in [0.3, 0.4) is 0 Å². The fraction of sp³-hybridized carbons (Fsp3) is 0.391. The van der Waals surface area contributed by atoms with E-state index >= 15 is 0 Å². The monoisotopic (exact) mass is 425 g/mol. The van der Waals surface area contributed by atoms with Gasteiger partial charge in [0, 0.05) is 35.3 Å². The van der Waals surface area contributed by atoms with E-state index in [4.69, 9.17) is 14.0 Å².